The number of anilines is 2. The molecule has 0 aliphatic rings. The lowest BCUT2D eigenvalue weighted by atomic mass is 10.3. The normalized spacial score (nSPS) is 11.3. The van der Waals surface area contributed by atoms with E-state index < -0.39 is 16.0 Å². The second kappa shape index (κ2) is 6.77. The number of nitrogens with two attached hydrogens (primary N) is 1. The molecule has 1 aromatic heterocycles. The number of thioether (sulfide) groups is 1. The van der Waals surface area contributed by atoms with Gasteiger partial charge in [0, 0.05) is 16.3 Å². The maximum Gasteiger partial charge on any atom is 0.234 e. The minimum atomic E-state index is -3.56. The lowest BCUT2D eigenvalue weighted by Gasteiger charge is -2.07. The number of nitrogens with one attached hydrogen (secondary N) is 1. The van der Waals surface area contributed by atoms with Crippen molar-refractivity contribution in [3.05, 3.63) is 48.4 Å². The molecule has 3 N–H and O–H groups in total. The first kappa shape index (κ1) is 15.6. The minimum absolute atomic E-state index is 0.0241. The molecule has 0 aliphatic heterocycles. The van der Waals surface area contributed by atoms with Crippen molar-refractivity contribution in [2.75, 3.05) is 22.0 Å². The second-order valence-corrected chi connectivity index (χ2v) is 7.20. The van der Waals surface area contributed by atoms with Crippen LogP contribution >= 0.6 is 11.8 Å². The lowest BCUT2D eigenvalue weighted by Crippen LogP contribution is -2.19. The Morgan fingerprint density at radius 1 is 1.24 bits per heavy atom. The lowest BCUT2D eigenvalue weighted by molar-refractivity contribution is 0.584. The minimum Gasteiger partial charge on any atom is -0.399 e. The average Bonchev–Trinajstić information content (AvgIpc) is 2.38. The van der Waals surface area contributed by atoms with Crippen molar-refractivity contribution in [1.29, 1.82) is 0 Å². The molecule has 0 spiro atoms. The molecule has 0 aliphatic carbocycles. The van der Waals surface area contributed by atoms with Gasteiger partial charge >= 0.3 is 0 Å². The zero-order chi connectivity index (χ0) is 15.3. The molecule has 0 saturated carbocycles. The predicted molar refractivity (Wildman–Crippen MR) is 83.2 cm³/mol. The van der Waals surface area contributed by atoms with Crippen molar-refractivity contribution >= 4 is 33.3 Å². The molecule has 0 atom stereocenters. The van der Waals surface area contributed by atoms with E-state index in [2.05, 4.69) is 9.71 Å². The summed E-state index contributed by atoms with van der Waals surface area (Å²) in [6.45, 7) is 0. The smallest absolute Gasteiger partial charge is 0.234 e. The van der Waals surface area contributed by atoms with Gasteiger partial charge in [-0.2, -0.15) is 4.39 Å². The fourth-order valence-corrected chi connectivity index (χ4v) is 3.92. The Labute approximate surface area is 126 Å². The maximum absolute atomic E-state index is 12.9. The van der Waals surface area contributed by atoms with Crippen molar-refractivity contribution in [1.82, 2.24) is 4.98 Å². The molecule has 0 saturated heterocycles. The van der Waals surface area contributed by atoms with Gasteiger partial charge in [-0.15, -0.1) is 11.8 Å². The zero-order valence-electron chi connectivity index (χ0n) is 11.0. The molecule has 5 nitrogen and oxygen atoms in total. The van der Waals surface area contributed by atoms with Gasteiger partial charge in [0.1, 0.15) is 5.82 Å². The van der Waals surface area contributed by atoms with Gasteiger partial charge in [-0.25, -0.2) is 13.4 Å². The maximum atomic E-state index is 12.9. The van der Waals surface area contributed by atoms with Crippen molar-refractivity contribution in [3.8, 4) is 0 Å². The predicted octanol–water partition coefficient (Wildman–Crippen LogP) is 2.34. The number of nitrogen functional groups attached to an aromatic ring is 1. The van der Waals surface area contributed by atoms with Gasteiger partial charge in [0.15, 0.2) is 0 Å². The van der Waals surface area contributed by atoms with Crippen molar-refractivity contribution in [2.24, 2.45) is 0 Å². The summed E-state index contributed by atoms with van der Waals surface area (Å²) in [7, 11) is -3.56. The Morgan fingerprint density at radius 2 is 2.00 bits per heavy atom. The van der Waals surface area contributed by atoms with E-state index in [1.165, 1.54) is 23.9 Å². The summed E-state index contributed by atoms with van der Waals surface area (Å²) in [4.78, 5) is 4.35. The molecule has 2 aromatic rings. The van der Waals surface area contributed by atoms with Crippen LogP contribution in [0.2, 0.25) is 0 Å². The first-order valence-electron chi connectivity index (χ1n) is 6.06. The number of nitrogens with zero attached hydrogens (tertiary/aromatic N) is 1. The molecule has 0 fully saturated rings. The van der Waals surface area contributed by atoms with Crippen LogP contribution in [0, 0.1) is 5.95 Å². The number of hydrogen-bond acceptors (Lipinski definition) is 5. The largest absolute Gasteiger partial charge is 0.399 e. The van der Waals surface area contributed by atoms with E-state index in [4.69, 9.17) is 5.73 Å². The molecule has 21 heavy (non-hydrogen) atoms. The van der Waals surface area contributed by atoms with Gasteiger partial charge < -0.3 is 5.73 Å². The Kier molecular flexibility index (Phi) is 5.03. The number of pyridine rings is 1. The summed E-state index contributed by atoms with van der Waals surface area (Å²) in [5.74, 6) is -0.507. The monoisotopic (exact) mass is 327 g/mol. The third-order valence-electron chi connectivity index (χ3n) is 2.45. The van der Waals surface area contributed by atoms with Crippen molar-refractivity contribution < 1.29 is 12.8 Å². The number of halogens is 1. The molecule has 0 bridgehead atoms. The summed E-state index contributed by atoms with van der Waals surface area (Å²) < 4.78 is 38.8. The van der Waals surface area contributed by atoms with Crippen LogP contribution in [0.5, 0.6) is 0 Å². The van der Waals surface area contributed by atoms with E-state index in [0.717, 1.165) is 11.0 Å². The number of aromatic nitrogens is 1. The zero-order valence-corrected chi connectivity index (χ0v) is 12.6. The Balaban J connectivity index is 1.90. The molecule has 1 aromatic carbocycles. The summed E-state index contributed by atoms with van der Waals surface area (Å²) in [5, 5.41) is 0. The third-order valence-corrected chi connectivity index (χ3v) is 4.97. The molecular formula is C13H14FN3O2S2. The quantitative estimate of drug-likeness (QED) is 0.483. The SMILES string of the molecule is Nc1cccc(SCCS(=O)(=O)Nc2cccc(F)n2)c1. The second-order valence-electron chi connectivity index (χ2n) is 4.19. The van der Waals surface area contributed by atoms with E-state index in [1.54, 1.807) is 18.2 Å². The van der Waals surface area contributed by atoms with Gasteiger partial charge in [-0.05, 0) is 30.3 Å². The van der Waals surface area contributed by atoms with E-state index in [0.29, 0.717) is 11.4 Å². The fraction of sp³-hybridized carbons (Fsp3) is 0.154. The van der Waals surface area contributed by atoms with Crippen LogP contribution in [0.3, 0.4) is 0 Å². The standard InChI is InChI=1S/C13H14FN3O2S2/c14-12-5-2-6-13(16-12)17-21(18,19)8-7-20-11-4-1-3-10(15)9-11/h1-6,9H,7-8,15H2,(H,16,17). The highest BCUT2D eigenvalue weighted by atomic mass is 32.2. The molecule has 112 valence electrons. The summed E-state index contributed by atoms with van der Waals surface area (Å²) >= 11 is 1.38. The van der Waals surface area contributed by atoms with Gasteiger partial charge in [0.05, 0.1) is 5.75 Å². The Bertz CT molecular complexity index is 723. The average molecular weight is 327 g/mol. The van der Waals surface area contributed by atoms with Crippen LogP contribution in [0.25, 0.3) is 0 Å². The highest BCUT2D eigenvalue weighted by Crippen LogP contribution is 2.20. The molecule has 0 radical (unpaired) electrons. The van der Waals surface area contributed by atoms with Gasteiger partial charge in [-0.1, -0.05) is 12.1 Å². The third kappa shape index (κ3) is 5.24. The van der Waals surface area contributed by atoms with Gasteiger partial charge in [-0.3, -0.25) is 4.72 Å². The van der Waals surface area contributed by atoms with E-state index in [9.17, 15) is 12.8 Å². The highest BCUT2D eigenvalue weighted by Gasteiger charge is 2.11. The summed E-state index contributed by atoms with van der Waals surface area (Å²) in [6.07, 6.45) is 0. The number of benzene rings is 1. The summed E-state index contributed by atoms with van der Waals surface area (Å²) in [6, 6.07) is 11.1. The van der Waals surface area contributed by atoms with Crippen LogP contribution in [-0.2, 0) is 10.0 Å². The number of sulfonamides is 1. The first-order chi connectivity index (χ1) is 9.94. The molecular weight excluding hydrogens is 313 g/mol. The Morgan fingerprint density at radius 3 is 2.71 bits per heavy atom. The van der Waals surface area contributed by atoms with Crippen LogP contribution in [0.1, 0.15) is 0 Å². The fourth-order valence-electron chi connectivity index (χ4n) is 1.55. The number of rotatable bonds is 6. The van der Waals surface area contributed by atoms with E-state index >= 15 is 0 Å². The summed E-state index contributed by atoms with van der Waals surface area (Å²) in [5.41, 5.74) is 6.27. The van der Waals surface area contributed by atoms with Crippen molar-refractivity contribution in [3.63, 3.8) is 0 Å². The van der Waals surface area contributed by atoms with Crippen LogP contribution in [-0.4, -0.2) is 24.9 Å². The molecule has 0 unspecified atom stereocenters. The van der Waals surface area contributed by atoms with Gasteiger partial charge in [0.2, 0.25) is 16.0 Å². The van der Waals surface area contributed by atoms with Crippen molar-refractivity contribution in [2.45, 2.75) is 4.90 Å². The van der Waals surface area contributed by atoms with Gasteiger partial charge in [0.25, 0.3) is 0 Å². The van der Waals surface area contributed by atoms with E-state index in [-0.39, 0.29) is 11.6 Å². The van der Waals surface area contributed by atoms with Crippen LogP contribution in [0.4, 0.5) is 15.9 Å². The molecule has 2 rings (SSSR count). The Hall–Kier alpha value is -1.80. The molecule has 8 heteroatoms. The molecule has 1 heterocycles. The van der Waals surface area contributed by atoms with E-state index in [1.807, 2.05) is 6.07 Å². The topological polar surface area (TPSA) is 85.1 Å². The van der Waals surface area contributed by atoms with Crippen LogP contribution < -0.4 is 10.5 Å². The molecule has 0 amide bonds. The first-order valence-corrected chi connectivity index (χ1v) is 8.70. The number of hydrogen-bond donors (Lipinski definition) is 2. The highest BCUT2D eigenvalue weighted by molar-refractivity contribution is 8.01. The van der Waals surface area contributed by atoms with Crippen LogP contribution in [0.15, 0.2) is 47.4 Å².